The van der Waals surface area contributed by atoms with Crippen LogP contribution >= 0.6 is 0 Å². The smallest absolute Gasteiger partial charge is 0.254 e. The largest absolute Gasteiger partial charge is 0.384 e. The highest BCUT2D eigenvalue weighted by molar-refractivity contribution is 7.89. The van der Waals surface area contributed by atoms with Gasteiger partial charge < -0.3 is 5.73 Å². The van der Waals surface area contributed by atoms with Crippen molar-refractivity contribution in [2.24, 2.45) is 0 Å². The third-order valence-electron chi connectivity index (χ3n) is 1.37. The molecular weight excluding hydrogens is 204 g/mol. The lowest BCUT2D eigenvalue weighted by molar-refractivity contribution is 0.364. The number of nitrogens with one attached hydrogen (secondary N) is 1. The lowest BCUT2D eigenvalue weighted by atomic mass is 10.5. The highest BCUT2D eigenvalue weighted by atomic mass is 32.2. The molecular formula is C7H12N4O2S. The van der Waals surface area contributed by atoms with Gasteiger partial charge in [-0.25, -0.2) is 18.4 Å². The molecule has 3 N–H and O–H groups in total. The van der Waals surface area contributed by atoms with Gasteiger partial charge in [0.05, 0.1) is 0 Å². The predicted molar refractivity (Wildman–Crippen MR) is 52.7 cm³/mol. The third kappa shape index (κ3) is 2.66. The number of anilines is 1. The summed E-state index contributed by atoms with van der Waals surface area (Å²) in [4.78, 5) is 6.06. The van der Waals surface area contributed by atoms with Crippen molar-refractivity contribution in [3.63, 3.8) is 0 Å². The topological polar surface area (TPSA) is 88.3 Å². The van der Waals surface area contributed by atoms with E-state index in [1.54, 1.807) is 14.1 Å². The van der Waals surface area contributed by atoms with E-state index in [9.17, 15) is 8.42 Å². The van der Waals surface area contributed by atoms with E-state index >= 15 is 0 Å². The zero-order chi connectivity index (χ0) is 10.8. The Bertz CT molecular complexity index is 398. The Morgan fingerprint density at radius 1 is 1.43 bits per heavy atom. The molecule has 78 valence electrons. The van der Waals surface area contributed by atoms with Crippen LogP contribution in [0.3, 0.4) is 0 Å². The fourth-order valence-corrected chi connectivity index (χ4v) is 1.87. The molecule has 1 rings (SSSR count). The second-order valence-electron chi connectivity index (χ2n) is 2.91. The van der Waals surface area contributed by atoms with Crippen molar-refractivity contribution >= 4 is 15.8 Å². The number of pyridine rings is 1. The van der Waals surface area contributed by atoms with Crippen molar-refractivity contribution in [2.75, 3.05) is 19.8 Å². The lowest BCUT2D eigenvalue weighted by Gasteiger charge is -2.11. The Balaban J connectivity index is 2.99. The first kappa shape index (κ1) is 10.9. The van der Waals surface area contributed by atoms with Gasteiger partial charge in [-0.05, 0) is 12.1 Å². The number of nitrogens with two attached hydrogens (primary N) is 1. The summed E-state index contributed by atoms with van der Waals surface area (Å²) in [5.41, 5.74) is 5.33. The molecule has 0 aromatic carbocycles. The van der Waals surface area contributed by atoms with Crippen molar-refractivity contribution in [3.05, 3.63) is 18.3 Å². The van der Waals surface area contributed by atoms with Gasteiger partial charge in [0.1, 0.15) is 10.7 Å². The molecule has 0 radical (unpaired) electrons. The van der Waals surface area contributed by atoms with E-state index in [0.717, 1.165) is 0 Å². The molecule has 1 aromatic rings. The Labute approximate surface area is 82.8 Å². The van der Waals surface area contributed by atoms with Crippen LogP contribution in [0.5, 0.6) is 0 Å². The van der Waals surface area contributed by atoms with Gasteiger partial charge in [-0.15, -0.1) is 4.83 Å². The molecule has 0 amide bonds. The van der Waals surface area contributed by atoms with Gasteiger partial charge in [0, 0.05) is 20.3 Å². The maximum atomic E-state index is 11.5. The molecule has 0 aliphatic rings. The quantitative estimate of drug-likeness (QED) is 0.660. The first-order valence-corrected chi connectivity index (χ1v) is 5.31. The number of sulfonamides is 1. The van der Waals surface area contributed by atoms with Gasteiger partial charge in [-0.3, -0.25) is 0 Å². The molecule has 1 aromatic heterocycles. The highest BCUT2D eigenvalue weighted by Crippen LogP contribution is 2.08. The lowest BCUT2D eigenvalue weighted by Crippen LogP contribution is -2.36. The van der Waals surface area contributed by atoms with Crippen LogP contribution in [0.1, 0.15) is 0 Å². The highest BCUT2D eigenvalue weighted by Gasteiger charge is 2.14. The number of nitrogens with zero attached hydrogens (tertiary/aromatic N) is 2. The minimum absolute atomic E-state index is 0.0837. The summed E-state index contributed by atoms with van der Waals surface area (Å²) in [5, 5.41) is 1.34. The molecule has 0 fully saturated rings. The summed E-state index contributed by atoms with van der Waals surface area (Å²) >= 11 is 0. The molecule has 0 spiro atoms. The van der Waals surface area contributed by atoms with Crippen LogP contribution in [0.25, 0.3) is 0 Å². The van der Waals surface area contributed by atoms with Crippen LogP contribution in [0.2, 0.25) is 0 Å². The van der Waals surface area contributed by atoms with Crippen molar-refractivity contribution < 1.29 is 8.42 Å². The number of aromatic nitrogens is 1. The van der Waals surface area contributed by atoms with Gasteiger partial charge in [0.25, 0.3) is 10.0 Å². The molecule has 0 saturated heterocycles. The monoisotopic (exact) mass is 216 g/mol. The van der Waals surface area contributed by atoms with E-state index < -0.39 is 10.0 Å². The van der Waals surface area contributed by atoms with E-state index in [-0.39, 0.29) is 10.7 Å². The van der Waals surface area contributed by atoms with Crippen molar-refractivity contribution in [1.29, 1.82) is 0 Å². The Morgan fingerprint density at radius 2 is 2.07 bits per heavy atom. The van der Waals surface area contributed by atoms with Gasteiger partial charge in [-0.1, -0.05) is 0 Å². The number of hydrogen-bond acceptors (Lipinski definition) is 5. The summed E-state index contributed by atoms with van der Waals surface area (Å²) < 4.78 is 23.0. The van der Waals surface area contributed by atoms with Gasteiger partial charge >= 0.3 is 0 Å². The minimum Gasteiger partial charge on any atom is -0.384 e. The normalized spacial score (nSPS) is 11.9. The zero-order valence-corrected chi connectivity index (χ0v) is 8.75. The minimum atomic E-state index is -3.52. The van der Waals surface area contributed by atoms with Crippen molar-refractivity contribution in [1.82, 2.24) is 14.8 Å². The predicted octanol–water partition coefficient (Wildman–Crippen LogP) is -0.581. The number of nitrogen functional groups attached to an aromatic ring is 1. The number of hydrazine groups is 1. The van der Waals surface area contributed by atoms with Crippen LogP contribution in [0, 0.1) is 0 Å². The first-order chi connectivity index (χ1) is 6.42. The summed E-state index contributed by atoms with van der Waals surface area (Å²) in [6, 6.07) is 2.83. The maximum Gasteiger partial charge on any atom is 0.254 e. The van der Waals surface area contributed by atoms with Crippen molar-refractivity contribution in [2.45, 2.75) is 4.90 Å². The average molecular weight is 216 g/mol. The second kappa shape index (κ2) is 3.91. The van der Waals surface area contributed by atoms with Crippen LogP contribution < -0.4 is 10.6 Å². The van der Waals surface area contributed by atoms with E-state index in [4.69, 9.17) is 5.73 Å². The van der Waals surface area contributed by atoms with Crippen molar-refractivity contribution in [3.8, 4) is 0 Å². The Morgan fingerprint density at radius 3 is 2.50 bits per heavy atom. The molecule has 0 unspecified atom stereocenters. The van der Waals surface area contributed by atoms with E-state index in [1.807, 2.05) is 0 Å². The molecule has 1 heterocycles. The number of hydrogen-bond donors (Lipinski definition) is 2. The van der Waals surface area contributed by atoms with E-state index in [2.05, 4.69) is 9.82 Å². The van der Waals surface area contributed by atoms with Gasteiger partial charge in [0.2, 0.25) is 0 Å². The van der Waals surface area contributed by atoms with Gasteiger partial charge in [0.15, 0.2) is 0 Å². The van der Waals surface area contributed by atoms with Crippen LogP contribution in [0.15, 0.2) is 23.2 Å². The van der Waals surface area contributed by atoms with Gasteiger partial charge in [-0.2, -0.15) is 0 Å². The molecule has 6 nitrogen and oxygen atoms in total. The number of rotatable bonds is 3. The molecule has 0 bridgehead atoms. The van der Waals surface area contributed by atoms with Crippen LogP contribution in [0.4, 0.5) is 5.82 Å². The molecule has 0 atom stereocenters. The summed E-state index contributed by atoms with van der Waals surface area (Å²) in [6.45, 7) is 0. The molecule has 0 saturated carbocycles. The van der Waals surface area contributed by atoms with E-state index in [0.29, 0.717) is 0 Å². The van der Waals surface area contributed by atoms with E-state index in [1.165, 1.54) is 23.3 Å². The SMILES string of the molecule is CN(C)NS(=O)(=O)c1ccc(N)nc1. The third-order valence-corrected chi connectivity index (χ3v) is 2.84. The second-order valence-corrected chi connectivity index (χ2v) is 4.57. The fraction of sp³-hybridized carbons (Fsp3) is 0.286. The van der Waals surface area contributed by atoms with Crippen LogP contribution in [-0.2, 0) is 10.0 Å². The molecule has 0 aliphatic heterocycles. The first-order valence-electron chi connectivity index (χ1n) is 3.83. The Kier molecular flexibility index (Phi) is 3.04. The fourth-order valence-electron chi connectivity index (χ4n) is 0.844. The maximum absolute atomic E-state index is 11.5. The summed E-state index contributed by atoms with van der Waals surface area (Å²) in [5.74, 6) is 0.286. The molecule has 0 aliphatic carbocycles. The zero-order valence-electron chi connectivity index (χ0n) is 7.93. The standard InChI is InChI=1S/C7H12N4O2S/c1-11(2)10-14(12,13)6-3-4-7(8)9-5-6/h3-5,10H,1-2H3,(H2,8,9). The average Bonchev–Trinajstić information content (AvgIpc) is 2.02. The van der Waals surface area contributed by atoms with Crippen LogP contribution in [-0.4, -0.2) is 32.5 Å². The summed E-state index contributed by atoms with van der Waals surface area (Å²) in [6.07, 6.45) is 1.21. The Hall–Kier alpha value is -1.18. The summed E-state index contributed by atoms with van der Waals surface area (Å²) in [7, 11) is -0.347. The molecule has 7 heteroatoms. The molecule has 14 heavy (non-hydrogen) atoms.